The van der Waals surface area contributed by atoms with Crippen molar-refractivity contribution >= 4 is 0 Å². The van der Waals surface area contributed by atoms with Gasteiger partial charge in [0.25, 0.3) is 0 Å². The molecule has 0 saturated carbocycles. The number of allylic oxidation sites excluding steroid dienone is 3. The molecule has 1 aliphatic heterocycles. The number of nitrogens with zero attached hydrogens (tertiary/aromatic N) is 1. The summed E-state index contributed by atoms with van der Waals surface area (Å²) in [4.78, 5) is 2.16. The minimum Gasteiger partial charge on any atom is -0.346 e. The summed E-state index contributed by atoms with van der Waals surface area (Å²) < 4.78 is 0. The minimum atomic E-state index is 0.503. The Hall–Kier alpha value is -0.980. The third-order valence-electron chi connectivity index (χ3n) is 1.78. The standard InChI is InChI=1S/C10H15N.C2H6/c1-8(2)11-6-5-9(3)7-10(11)4;1-2/h5-8H,4H2,1-3H3;1-2H3. The summed E-state index contributed by atoms with van der Waals surface area (Å²) in [5.74, 6) is 0. The molecule has 0 aromatic carbocycles. The van der Waals surface area contributed by atoms with E-state index in [9.17, 15) is 0 Å². The van der Waals surface area contributed by atoms with Crippen LogP contribution in [-0.2, 0) is 0 Å². The zero-order valence-corrected chi connectivity index (χ0v) is 9.46. The van der Waals surface area contributed by atoms with Crippen molar-refractivity contribution < 1.29 is 0 Å². The third-order valence-corrected chi connectivity index (χ3v) is 1.78. The molecule has 1 heteroatoms. The van der Waals surface area contributed by atoms with Crippen molar-refractivity contribution in [3.8, 4) is 0 Å². The van der Waals surface area contributed by atoms with Crippen molar-refractivity contribution in [2.24, 2.45) is 0 Å². The molecule has 0 fully saturated rings. The number of rotatable bonds is 1. The molecule has 0 aromatic heterocycles. The van der Waals surface area contributed by atoms with E-state index in [2.05, 4.69) is 50.6 Å². The molecule has 0 saturated heterocycles. The van der Waals surface area contributed by atoms with Gasteiger partial charge in [0.2, 0.25) is 0 Å². The fourth-order valence-electron chi connectivity index (χ4n) is 1.18. The summed E-state index contributed by atoms with van der Waals surface area (Å²) in [5.41, 5.74) is 2.35. The molecule has 0 amide bonds. The van der Waals surface area contributed by atoms with Gasteiger partial charge in [-0.15, -0.1) is 0 Å². The van der Waals surface area contributed by atoms with Gasteiger partial charge in [-0.05, 0) is 38.5 Å². The van der Waals surface area contributed by atoms with Crippen molar-refractivity contribution in [3.05, 3.63) is 36.2 Å². The summed E-state index contributed by atoms with van der Waals surface area (Å²) in [6, 6.07) is 0.503. The van der Waals surface area contributed by atoms with Gasteiger partial charge < -0.3 is 4.90 Å². The van der Waals surface area contributed by atoms with Crippen LogP contribution in [0.1, 0.15) is 34.6 Å². The van der Waals surface area contributed by atoms with Gasteiger partial charge in [-0.1, -0.05) is 20.4 Å². The lowest BCUT2D eigenvalue weighted by Crippen LogP contribution is -2.24. The number of hydrogen-bond acceptors (Lipinski definition) is 1. The molecule has 0 spiro atoms. The maximum Gasteiger partial charge on any atom is 0.0338 e. The smallest absolute Gasteiger partial charge is 0.0338 e. The summed E-state index contributed by atoms with van der Waals surface area (Å²) in [6.45, 7) is 14.4. The summed E-state index contributed by atoms with van der Waals surface area (Å²) >= 11 is 0. The maximum absolute atomic E-state index is 3.97. The van der Waals surface area contributed by atoms with E-state index in [1.165, 1.54) is 5.57 Å². The molecule has 13 heavy (non-hydrogen) atoms. The first-order chi connectivity index (χ1) is 6.11. The molecule has 1 heterocycles. The van der Waals surface area contributed by atoms with E-state index in [4.69, 9.17) is 0 Å². The summed E-state index contributed by atoms with van der Waals surface area (Å²) in [7, 11) is 0. The van der Waals surface area contributed by atoms with Gasteiger partial charge in [0, 0.05) is 17.9 Å². The molecule has 1 nitrogen and oxygen atoms in total. The molecule has 1 rings (SSSR count). The average Bonchev–Trinajstić information content (AvgIpc) is 2.07. The predicted molar refractivity (Wildman–Crippen MR) is 60.4 cm³/mol. The molecule has 1 aliphatic rings. The zero-order chi connectivity index (χ0) is 10.4. The topological polar surface area (TPSA) is 3.24 Å². The summed E-state index contributed by atoms with van der Waals surface area (Å²) in [5, 5.41) is 0. The van der Waals surface area contributed by atoms with Crippen molar-refractivity contribution in [2.75, 3.05) is 0 Å². The highest BCUT2D eigenvalue weighted by molar-refractivity contribution is 5.32. The van der Waals surface area contributed by atoms with E-state index in [0.717, 1.165) is 5.70 Å². The fourth-order valence-corrected chi connectivity index (χ4v) is 1.18. The first-order valence-corrected chi connectivity index (χ1v) is 4.95. The van der Waals surface area contributed by atoms with Gasteiger partial charge in [0.05, 0.1) is 0 Å². The lowest BCUT2D eigenvalue weighted by Gasteiger charge is -2.27. The SMILES string of the molecule is C=C1C=C(C)C=CN1C(C)C.CC. The Morgan fingerprint density at radius 2 is 1.85 bits per heavy atom. The Morgan fingerprint density at radius 1 is 1.31 bits per heavy atom. The van der Waals surface area contributed by atoms with Gasteiger partial charge in [-0.25, -0.2) is 0 Å². The highest BCUT2D eigenvalue weighted by Gasteiger charge is 2.08. The van der Waals surface area contributed by atoms with Gasteiger partial charge in [0.15, 0.2) is 0 Å². The van der Waals surface area contributed by atoms with Crippen LogP contribution in [0.3, 0.4) is 0 Å². The van der Waals surface area contributed by atoms with Crippen LogP contribution >= 0.6 is 0 Å². The maximum atomic E-state index is 3.97. The van der Waals surface area contributed by atoms with Crippen molar-refractivity contribution in [1.29, 1.82) is 0 Å². The molecule has 0 radical (unpaired) electrons. The van der Waals surface area contributed by atoms with E-state index in [0.29, 0.717) is 6.04 Å². The normalized spacial score (nSPS) is 15.4. The van der Waals surface area contributed by atoms with Gasteiger partial charge in [-0.3, -0.25) is 0 Å². The van der Waals surface area contributed by atoms with Crippen molar-refractivity contribution in [2.45, 2.75) is 40.7 Å². The molecular weight excluding hydrogens is 158 g/mol. The van der Waals surface area contributed by atoms with Gasteiger partial charge in [-0.2, -0.15) is 0 Å². The quantitative estimate of drug-likeness (QED) is 0.593. The second kappa shape index (κ2) is 5.63. The molecule has 0 unspecified atom stereocenters. The minimum absolute atomic E-state index is 0.503. The highest BCUT2D eigenvalue weighted by atomic mass is 15.1. The largest absolute Gasteiger partial charge is 0.346 e. The zero-order valence-electron chi connectivity index (χ0n) is 9.46. The molecule has 0 aliphatic carbocycles. The van der Waals surface area contributed by atoms with Crippen LogP contribution in [0.5, 0.6) is 0 Å². The van der Waals surface area contributed by atoms with Gasteiger partial charge >= 0.3 is 0 Å². The van der Waals surface area contributed by atoms with E-state index in [-0.39, 0.29) is 0 Å². The second-order valence-electron chi connectivity index (χ2n) is 3.20. The predicted octanol–water partition coefficient (Wildman–Crippen LogP) is 3.71. The molecule has 0 bridgehead atoms. The third kappa shape index (κ3) is 3.49. The summed E-state index contributed by atoms with van der Waals surface area (Å²) in [6.07, 6.45) is 6.29. The lowest BCUT2D eigenvalue weighted by atomic mass is 10.1. The van der Waals surface area contributed by atoms with Crippen LogP contribution in [-0.4, -0.2) is 10.9 Å². The van der Waals surface area contributed by atoms with E-state index in [1.807, 2.05) is 13.8 Å². The van der Waals surface area contributed by atoms with Gasteiger partial charge in [0.1, 0.15) is 0 Å². The molecule has 0 N–H and O–H groups in total. The second-order valence-corrected chi connectivity index (χ2v) is 3.20. The Bertz CT molecular complexity index is 221. The fraction of sp³-hybridized carbons (Fsp3) is 0.500. The van der Waals surface area contributed by atoms with Crippen molar-refractivity contribution in [3.63, 3.8) is 0 Å². The number of hydrogen-bond donors (Lipinski definition) is 0. The Labute approximate surface area is 82.4 Å². The Balaban J connectivity index is 0.000000671. The van der Waals surface area contributed by atoms with Crippen molar-refractivity contribution in [1.82, 2.24) is 4.90 Å². The van der Waals surface area contributed by atoms with E-state index < -0.39 is 0 Å². The monoisotopic (exact) mass is 179 g/mol. The highest BCUT2D eigenvalue weighted by Crippen LogP contribution is 2.17. The lowest BCUT2D eigenvalue weighted by molar-refractivity contribution is 0.393. The molecular formula is C12H21N. The van der Waals surface area contributed by atoms with Crippen LogP contribution in [0.4, 0.5) is 0 Å². The molecule has 74 valence electrons. The van der Waals surface area contributed by atoms with E-state index >= 15 is 0 Å². The van der Waals surface area contributed by atoms with Crippen LogP contribution < -0.4 is 0 Å². The first-order valence-electron chi connectivity index (χ1n) is 4.95. The Morgan fingerprint density at radius 3 is 2.23 bits per heavy atom. The van der Waals surface area contributed by atoms with Crippen LogP contribution in [0.15, 0.2) is 36.2 Å². The molecule has 0 atom stereocenters. The van der Waals surface area contributed by atoms with E-state index in [1.54, 1.807) is 0 Å². The first kappa shape index (κ1) is 12.0. The van der Waals surface area contributed by atoms with Crippen LogP contribution in [0.2, 0.25) is 0 Å². The average molecular weight is 179 g/mol. The Kier molecular flexibility index (Phi) is 5.20. The van der Waals surface area contributed by atoms with Crippen LogP contribution in [0.25, 0.3) is 0 Å². The molecule has 0 aromatic rings. The van der Waals surface area contributed by atoms with Crippen LogP contribution in [0, 0.1) is 0 Å².